The minimum Gasteiger partial charge on any atom is -0.478 e. The second-order valence-electron chi connectivity index (χ2n) is 7.33. The highest BCUT2D eigenvalue weighted by atomic mass is 32.2. The molecule has 0 radical (unpaired) electrons. The molecule has 0 atom stereocenters. The van der Waals surface area contributed by atoms with E-state index in [1.165, 1.54) is 24.3 Å². The van der Waals surface area contributed by atoms with Crippen LogP contribution in [0.15, 0.2) is 56.7 Å². The molecule has 2 aliphatic rings. The van der Waals surface area contributed by atoms with Crippen molar-refractivity contribution >= 4 is 49.1 Å². The first-order valence-corrected chi connectivity index (χ1v) is 12.3. The van der Waals surface area contributed by atoms with Crippen molar-refractivity contribution in [2.24, 2.45) is 0 Å². The van der Waals surface area contributed by atoms with Crippen molar-refractivity contribution in [3.8, 4) is 22.5 Å². The van der Waals surface area contributed by atoms with Crippen molar-refractivity contribution in [3.05, 3.63) is 58.9 Å². The number of carbonyl (C=O) groups excluding carboxylic acids is 1. The fourth-order valence-electron chi connectivity index (χ4n) is 3.83. The van der Waals surface area contributed by atoms with E-state index in [2.05, 4.69) is 0 Å². The summed E-state index contributed by atoms with van der Waals surface area (Å²) < 4.78 is 73.6. The number of nitrogens with one attached hydrogen (secondary N) is 1. The molecule has 4 rings (SSSR count). The maximum Gasteiger partial charge on any atom is 0.336 e. The van der Waals surface area contributed by atoms with Crippen LogP contribution in [-0.4, -0.2) is 43.3 Å². The van der Waals surface area contributed by atoms with Gasteiger partial charge in [-0.2, -0.15) is 16.8 Å². The van der Waals surface area contributed by atoms with Crippen LogP contribution in [0.3, 0.4) is 0 Å². The molecule has 14 heteroatoms. The molecule has 180 valence electrons. The molecule has 1 aliphatic carbocycles. The Morgan fingerprint density at radius 1 is 0.943 bits per heavy atom. The molecule has 12 nitrogen and oxygen atoms in total. The first kappa shape index (κ1) is 24.0. The molecule has 35 heavy (non-hydrogen) atoms. The van der Waals surface area contributed by atoms with Gasteiger partial charge in [0.1, 0.15) is 6.29 Å². The van der Waals surface area contributed by atoms with Crippen molar-refractivity contribution in [2.75, 3.05) is 5.73 Å². The lowest BCUT2D eigenvalue weighted by Gasteiger charge is -2.20. The molecule has 2 aromatic carbocycles. The molecule has 0 amide bonds. The van der Waals surface area contributed by atoms with E-state index in [-0.39, 0.29) is 27.6 Å². The average molecular weight is 518 g/mol. The van der Waals surface area contributed by atoms with Gasteiger partial charge in [0, 0.05) is 22.1 Å². The third kappa shape index (κ3) is 3.93. The van der Waals surface area contributed by atoms with Crippen LogP contribution < -0.4 is 11.1 Å². The van der Waals surface area contributed by atoms with Gasteiger partial charge in [0.05, 0.1) is 16.6 Å². The van der Waals surface area contributed by atoms with Gasteiger partial charge in [-0.25, -0.2) is 4.79 Å². The summed E-state index contributed by atoms with van der Waals surface area (Å²) in [5.41, 5.74) is 3.94. The molecule has 6 N–H and O–H groups in total. The van der Waals surface area contributed by atoms with Gasteiger partial charge in [-0.3, -0.25) is 19.3 Å². The highest BCUT2D eigenvalue weighted by Gasteiger charge is 2.31. The molecule has 0 spiro atoms. The molecule has 1 heterocycles. The summed E-state index contributed by atoms with van der Waals surface area (Å²) in [5.74, 6) is -2.16. The Morgan fingerprint density at radius 2 is 1.57 bits per heavy atom. The third-order valence-electron chi connectivity index (χ3n) is 5.19. The molecule has 0 saturated heterocycles. The first-order chi connectivity index (χ1) is 16.3. The minimum atomic E-state index is -5.11. The Kier molecular flexibility index (Phi) is 5.48. The van der Waals surface area contributed by atoms with Gasteiger partial charge < -0.3 is 15.3 Å². The highest BCUT2D eigenvalue weighted by molar-refractivity contribution is 7.86. The zero-order valence-electron chi connectivity index (χ0n) is 17.2. The van der Waals surface area contributed by atoms with E-state index in [0.717, 1.165) is 18.2 Å². The Hall–Kier alpha value is -4.11. The lowest BCUT2D eigenvalue weighted by atomic mass is 9.90. The number of aldehydes is 1. The van der Waals surface area contributed by atoms with E-state index < -0.39 is 63.9 Å². The third-order valence-corrected chi connectivity index (χ3v) is 7.05. The van der Waals surface area contributed by atoms with Gasteiger partial charge >= 0.3 is 5.97 Å². The number of hydrogen-bond donors (Lipinski definition) is 5. The van der Waals surface area contributed by atoms with Crippen LogP contribution >= 0.6 is 0 Å². The molecule has 2 aromatic rings. The molecule has 1 aliphatic heterocycles. The number of fused-ring (bicyclic) bond motifs is 2. The first-order valence-electron chi connectivity index (χ1n) is 9.40. The Bertz CT molecular complexity index is 1820. The van der Waals surface area contributed by atoms with Crippen molar-refractivity contribution in [1.29, 1.82) is 5.41 Å². The van der Waals surface area contributed by atoms with Crippen LogP contribution in [0.4, 0.5) is 5.69 Å². The number of carboxylic acids is 1. The van der Waals surface area contributed by atoms with Gasteiger partial charge in [-0.1, -0.05) is 12.1 Å². The number of hydrogen-bond acceptors (Lipinski definition) is 9. The predicted molar refractivity (Wildman–Crippen MR) is 121 cm³/mol. The lowest BCUT2D eigenvalue weighted by Crippen LogP contribution is -2.16. The quantitative estimate of drug-likeness (QED) is 0.111. The monoisotopic (exact) mass is 518 g/mol. The number of carboxylic acid groups (broad SMARTS) is 1. The van der Waals surface area contributed by atoms with E-state index in [9.17, 15) is 40.6 Å². The van der Waals surface area contributed by atoms with Crippen molar-refractivity contribution < 1.29 is 45.1 Å². The lowest BCUT2D eigenvalue weighted by molar-refractivity contribution is 0.0697. The smallest absolute Gasteiger partial charge is 0.336 e. The van der Waals surface area contributed by atoms with Crippen LogP contribution in [0.25, 0.3) is 33.4 Å². The van der Waals surface area contributed by atoms with Gasteiger partial charge in [0.15, 0.2) is 21.1 Å². The fourth-order valence-corrected chi connectivity index (χ4v) is 5.31. The SMILES string of the molecule is N=c1ccc2c(-c3ccc(C=O)cc3C(=O)O)c3ccc(N)c(S(=O)(=O)O)c3oc-2c1S(=O)(=O)O. The Labute approximate surface area is 196 Å². The van der Waals surface area contributed by atoms with E-state index >= 15 is 0 Å². The van der Waals surface area contributed by atoms with Crippen LogP contribution in [0.2, 0.25) is 0 Å². The fraction of sp³-hybridized carbons (Fsp3) is 0. The number of carbonyl (C=O) groups is 2. The number of nitrogens with two attached hydrogens (primary N) is 1. The van der Waals surface area contributed by atoms with Crippen LogP contribution in [-0.2, 0) is 20.2 Å². The predicted octanol–water partition coefficient (Wildman–Crippen LogP) is 2.27. The van der Waals surface area contributed by atoms with E-state index in [1.807, 2.05) is 0 Å². The topological polar surface area (TPSA) is 226 Å². The molecule has 0 saturated carbocycles. The Morgan fingerprint density at radius 3 is 2.14 bits per heavy atom. The standard InChI is InChI=1S/C21H14N2O10S2/c22-14-5-3-11-16(10-2-1-9(8-24)7-13(10)21(25)26)12-4-6-15(23)20(35(30,31)32)18(12)33-17(11)19(14)34(27,28)29/h1-8,22H,23H2,(H,25,26)(H,27,28,29)(H,30,31,32). The molecule has 0 aromatic heterocycles. The number of rotatable bonds is 5. The second-order valence-corrected chi connectivity index (χ2v) is 10.1. The van der Waals surface area contributed by atoms with Crippen LogP contribution in [0, 0.1) is 5.41 Å². The van der Waals surface area contributed by atoms with E-state index in [0.29, 0.717) is 6.29 Å². The van der Waals surface area contributed by atoms with Gasteiger partial charge in [0.25, 0.3) is 20.2 Å². The van der Waals surface area contributed by atoms with Gasteiger partial charge in [-0.15, -0.1) is 0 Å². The molecule has 0 bridgehead atoms. The number of nitrogen functional groups attached to an aromatic ring is 1. The largest absolute Gasteiger partial charge is 0.478 e. The number of aromatic carboxylic acids is 1. The van der Waals surface area contributed by atoms with Crippen LogP contribution in [0.5, 0.6) is 0 Å². The van der Waals surface area contributed by atoms with Crippen molar-refractivity contribution in [3.63, 3.8) is 0 Å². The number of benzene rings is 3. The van der Waals surface area contributed by atoms with Crippen LogP contribution in [0.1, 0.15) is 20.7 Å². The summed E-state index contributed by atoms with van der Waals surface area (Å²) in [7, 11) is -10.2. The Balaban J connectivity index is 2.39. The van der Waals surface area contributed by atoms with Crippen molar-refractivity contribution in [2.45, 2.75) is 9.79 Å². The molecular weight excluding hydrogens is 504 g/mol. The maximum absolute atomic E-state index is 12.1. The molecule has 0 unspecified atom stereocenters. The summed E-state index contributed by atoms with van der Waals surface area (Å²) in [4.78, 5) is 21.3. The highest BCUT2D eigenvalue weighted by Crippen LogP contribution is 2.45. The summed E-state index contributed by atoms with van der Waals surface area (Å²) in [5, 5.41) is 16.9. The zero-order chi connectivity index (χ0) is 25.9. The van der Waals surface area contributed by atoms with E-state index in [4.69, 9.17) is 15.6 Å². The summed E-state index contributed by atoms with van der Waals surface area (Å²) in [6, 6.07) is 8.17. The average Bonchev–Trinajstić information content (AvgIpc) is 2.75. The number of anilines is 1. The van der Waals surface area contributed by atoms with Crippen molar-refractivity contribution in [1.82, 2.24) is 0 Å². The minimum absolute atomic E-state index is 0.00955. The summed E-state index contributed by atoms with van der Waals surface area (Å²) in [6.07, 6.45) is 0.409. The van der Waals surface area contributed by atoms with Gasteiger partial charge in [0.2, 0.25) is 0 Å². The summed E-state index contributed by atoms with van der Waals surface area (Å²) in [6.45, 7) is 0. The maximum atomic E-state index is 12.1. The van der Waals surface area contributed by atoms with E-state index in [1.54, 1.807) is 0 Å². The van der Waals surface area contributed by atoms with Gasteiger partial charge in [-0.05, 0) is 35.9 Å². The summed E-state index contributed by atoms with van der Waals surface area (Å²) >= 11 is 0. The molecule has 0 fully saturated rings. The second kappa shape index (κ2) is 7.99. The molecular formula is C21H14N2O10S2. The normalized spacial score (nSPS) is 12.2. The zero-order valence-corrected chi connectivity index (χ0v) is 18.8.